The maximum atomic E-state index is 11.1. The van der Waals surface area contributed by atoms with Gasteiger partial charge in [0.2, 0.25) is 0 Å². The highest BCUT2D eigenvalue weighted by molar-refractivity contribution is 5.68. The molecule has 0 spiro atoms. The van der Waals surface area contributed by atoms with Crippen LogP contribution in [-0.2, 0) is 4.74 Å². The van der Waals surface area contributed by atoms with Crippen LogP contribution in [0.3, 0.4) is 0 Å². The van der Waals surface area contributed by atoms with Gasteiger partial charge in [0, 0.05) is 6.04 Å². The van der Waals surface area contributed by atoms with Gasteiger partial charge in [0.25, 0.3) is 0 Å². The van der Waals surface area contributed by atoms with Gasteiger partial charge >= 0.3 is 6.09 Å². The molecule has 1 fully saturated rings. The summed E-state index contributed by atoms with van der Waals surface area (Å²) in [6.45, 7) is 7.95. The highest BCUT2D eigenvalue weighted by Gasteiger charge is 2.46. The van der Waals surface area contributed by atoms with Gasteiger partial charge in [0.1, 0.15) is 0 Å². The number of carbonyl (C=O) groups excluding carboxylic acids is 1. The SMILES string of the molecule is CC(C)OC(=O)NC1CC1(C)C. The Morgan fingerprint density at radius 2 is 2.08 bits per heavy atom. The van der Waals surface area contributed by atoms with Crippen molar-refractivity contribution in [2.75, 3.05) is 0 Å². The van der Waals surface area contributed by atoms with Crippen molar-refractivity contribution in [3.8, 4) is 0 Å². The predicted octanol–water partition coefficient (Wildman–Crippen LogP) is 1.92. The number of alkyl carbamates (subject to hydrolysis) is 1. The fraction of sp³-hybridized carbons (Fsp3) is 0.889. The largest absolute Gasteiger partial charge is 0.447 e. The zero-order chi connectivity index (χ0) is 9.35. The number of amides is 1. The fourth-order valence-corrected chi connectivity index (χ4v) is 1.10. The van der Waals surface area contributed by atoms with E-state index in [9.17, 15) is 4.79 Å². The average molecular weight is 171 g/mol. The molecular weight excluding hydrogens is 154 g/mol. The second-order valence-corrected chi connectivity index (χ2v) is 4.34. The van der Waals surface area contributed by atoms with Crippen LogP contribution in [0.5, 0.6) is 0 Å². The van der Waals surface area contributed by atoms with Crippen molar-refractivity contribution in [3.63, 3.8) is 0 Å². The summed E-state index contributed by atoms with van der Waals surface area (Å²) in [5, 5.41) is 2.81. The molecule has 70 valence electrons. The number of ether oxygens (including phenoxy) is 1. The minimum absolute atomic E-state index is 0.0353. The molecule has 1 unspecified atom stereocenters. The first kappa shape index (κ1) is 9.36. The van der Waals surface area contributed by atoms with Crippen molar-refractivity contribution in [3.05, 3.63) is 0 Å². The summed E-state index contributed by atoms with van der Waals surface area (Å²) in [4.78, 5) is 11.1. The van der Waals surface area contributed by atoms with E-state index in [1.165, 1.54) is 0 Å². The van der Waals surface area contributed by atoms with Crippen LogP contribution < -0.4 is 5.32 Å². The maximum absolute atomic E-state index is 11.1. The van der Waals surface area contributed by atoms with Crippen LogP contribution in [0.4, 0.5) is 4.79 Å². The number of carbonyl (C=O) groups is 1. The van der Waals surface area contributed by atoms with Crippen LogP contribution in [0, 0.1) is 5.41 Å². The minimum atomic E-state index is -0.291. The Kier molecular flexibility index (Phi) is 2.31. The van der Waals surface area contributed by atoms with E-state index in [4.69, 9.17) is 4.74 Å². The smallest absolute Gasteiger partial charge is 0.407 e. The Morgan fingerprint density at radius 1 is 1.58 bits per heavy atom. The summed E-state index contributed by atoms with van der Waals surface area (Å²) >= 11 is 0. The standard InChI is InChI=1S/C9H17NO2/c1-6(2)12-8(11)10-7-5-9(7,3)4/h6-7H,5H2,1-4H3,(H,10,11). The van der Waals surface area contributed by atoms with Crippen molar-refractivity contribution >= 4 is 6.09 Å². The molecule has 1 saturated carbocycles. The van der Waals surface area contributed by atoms with Gasteiger partial charge in [-0.25, -0.2) is 4.79 Å². The zero-order valence-corrected chi connectivity index (χ0v) is 8.18. The lowest BCUT2D eigenvalue weighted by Crippen LogP contribution is -2.30. The number of hydrogen-bond acceptors (Lipinski definition) is 2. The molecule has 0 aromatic rings. The zero-order valence-electron chi connectivity index (χ0n) is 8.18. The fourth-order valence-electron chi connectivity index (χ4n) is 1.10. The number of hydrogen-bond donors (Lipinski definition) is 1. The third-order valence-corrected chi connectivity index (χ3v) is 2.15. The van der Waals surface area contributed by atoms with Gasteiger partial charge in [-0.05, 0) is 25.7 Å². The third kappa shape index (κ3) is 2.40. The predicted molar refractivity (Wildman–Crippen MR) is 46.9 cm³/mol. The molecule has 1 atom stereocenters. The third-order valence-electron chi connectivity index (χ3n) is 2.15. The summed E-state index contributed by atoms with van der Waals surface area (Å²) in [5.41, 5.74) is 0.274. The van der Waals surface area contributed by atoms with Crippen LogP contribution in [0.1, 0.15) is 34.1 Å². The Hall–Kier alpha value is -0.730. The summed E-state index contributed by atoms with van der Waals surface area (Å²) < 4.78 is 4.94. The maximum Gasteiger partial charge on any atom is 0.407 e. The molecular formula is C9H17NO2. The minimum Gasteiger partial charge on any atom is -0.447 e. The van der Waals surface area contributed by atoms with Crippen LogP contribution in [0.25, 0.3) is 0 Å². The number of rotatable bonds is 2. The van der Waals surface area contributed by atoms with Crippen molar-refractivity contribution in [2.24, 2.45) is 5.41 Å². The van der Waals surface area contributed by atoms with E-state index in [2.05, 4.69) is 19.2 Å². The molecule has 0 aromatic heterocycles. The summed E-state index contributed by atoms with van der Waals surface area (Å²) in [6, 6.07) is 0.309. The van der Waals surface area contributed by atoms with Gasteiger partial charge in [-0.15, -0.1) is 0 Å². The lowest BCUT2D eigenvalue weighted by molar-refractivity contribution is 0.114. The highest BCUT2D eigenvalue weighted by Crippen LogP contribution is 2.44. The molecule has 3 nitrogen and oxygen atoms in total. The van der Waals surface area contributed by atoms with E-state index in [0.717, 1.165) is 6.42 Å². The van der Waals surface area contributed by atoms with E-state index in [-0.39, 0.29) is 17.6 Å². The quantitative estimate of drug-likeness (QED) is 0.689. The first-order chi connectivity index (χ1) is 5.42. The van der Waals surface area contributed by atoms with E-state index in [1.807, 2.05) is 13.8 Å². The molecule has 0 bridgehead atoms. The second-order valence-electron chi connectivity index (χ2n) is 4.34. The molecule has 1 aliphatic rings. The van der Waals surface area contributed by atoms with E-state index in [0.29, 0.717) is 6.04 Å². The van der Waals surface area contributed by atoms with Crippen molar-refractivity contribution in [1.82, 2.24) is 5.32 Å². The second kappa shape index (κ2) is 2.96. The summed E-state index contributed by atoms with van der Waals surface area (Å²) in [5.74, 6) is 0. The summed E-state index contributed by atoms with van der Waals surface area (Å²) in [7, 11) is 0. The Balaban J connectivity index is 2.21. The Morgan fingerprint density at radius 3 is 2.42 bits per heavy atom. The molecule has 0 aromatic carbocycles. The van der Waals surface area contributed by atoms with Gasteiger partial charge in [0.15, 0.2) is 0 Å². The molecule has 12 heavy (non-hydrogen) atoms. The van der Waals surface area contributed by atoms with Crippen molar-refractivity contribution in [2.45, 2.75) is 46.3 Å². The van der Waals surface area contributed by atoms with E-state index >= 15 is 0 Å². The van der Waals surface area contributed by atoms with Crippen molar-refractivity contribution < 1.29 is 9.53 Å². The van der Waals surface area contributed by atoms with Gasteiger partial charge in [-0.1, -0.05) is 13.8 Å². The van der Waals surface area contributed by atoms with Gasteiger partial charge in [-0.3, -0.25) is 0 Å². The molecule has 1 rings (SSSR count). The van der Waals surface area contributed by atoms with Crippen LogP contribution in [0.2, 0.25) is 0 Å². The number of nitrogens with one attached hydrogen (secondary N) is 1. The lowest BCUT2D eigenvalue weighted by Gasteiger charge is -2.10. The van der Waals surface area contributed by atoms with Crippen LogP contribution >= 0.6 is 0 Å². The van der Waals surface area contributed by atoms with Gasteiger partial charge in [-0.2, -0.15) is 0 Å². The van der Waals surface area contributed by atoms with E-state index < -0.39 is 0 Å². The molecule has 0 aliphatic heterocycles. The molecule has 0 saturated heterocycles. The molecule has 1 N–H and O–H groups in total. The first-order valence-electron chi connectivity index (χ1n) is 4.39. The highest BCUT2D eigenvalue weighted by atomic mass is 16.6. The van der Waals surface area contributed by atoms with Crippen molar-refractivity contribution in [1.29, 1.82) is 0 Å². The van der Waals surface area contributed by atoms with Gasteiger partial charge < -0.3 is 10.1 Å². The molecule has 1 aliphatic carbocycles. The molecule has 3 heteroatoms. The van der Waals surface area contributed by atoms with Gasteiger partial charge in [0.05, 0.1) is 6.10 Å². The molecule has 0 heterocycles. The Bertz CT molecular complexity index is 187. The van der Waals surface area contributed by atoms with E-state index in [1.54, 1.807) is 0 Å². The lowest BCUT2D eigenvalue weighted by atomic mass is 10.2. The van der Waals surface area contributed by atoms with Crippen LogP contribution in [-0.4, -0.2) is 18.2 Å². The van der Waals surface area contributed by atoms with Crippen LogP contribution in [0.15, 0.2) is 0 Å². The average Bonchev–Trinajstić information content (AvgIpc) is 2.35. The monoisotopic (exact) mass is 171 g/mol. The Labute approximate surface area is 73.5 Å². The summed E-state index contributed by atoms with van der Waals surface area (Å²) in [6.07, 6.45) is 0.729. The molecule has 0 radical (unpaired) electrons. The topological polar surface area (TPSA) is 38.3 Å². The molecule has 1 amide bonds. The first-order valence-corrected chi connectivity index (χ1v) is 4.39. The normalized spacial score (nSPS) is 25.2.